The molecule has 0 saturated heterocycles. The van der Waals surface area contributed by atoms with E-state index in [4.69, 9.17) is 0 Å². The Hall–Kier alpha value is -3.00. The van der Waals surface area contributed by atoms with Gasteiger partial charge in [0.1, 0.15) is 22.8 Å². The third kappa shape index (κ3) is 3.04. The molecule has 8 heteroatoms. The molecule has 118 valence electrons. The first kappa shape index (κ1) is 14.6. The Morgan fingerprint density at radius 3 is 2.58 bits per heavy atom. The molecular formula is C16H11FN6S. The van der Waals surface area contributed by atoms with Crippen LogP contribution in [0.4, 0.5) is 4.39 Å². The van der Waals surface area contributed by atoms with Gasteiger partial charge in [-0.3, -0.25) is 0 Å². The van der Waals surface area contributed by atoms with Gasteiger partial charge in [0.05, 0.1) is 18.4 Å². The van der Waals surface area contributed by atoms with E-state index in [1.54, 1.807) is 29.2 Å². The van der Waals surface area contributed by atoms with Crippen molar-refractivity contribution in [3.63, 3.8) is 0 Å². The van der Waals surface area contributed by atoms with Gasteiger partial charge < -0.3 is 0 Å². The molecule has 24 heavy (non-hydrogen) atoms. The maximum absolute atomic E-state index is 13.0. The summed E-state index contributed by atoms with van der Waals surface area (Å²) in [6, 6.07) is 6.30. The molecule has 3 heterocycles. The number of hydrogen-bond acceptors (Lipinski definition) is 6. The van der Waals surface area contributed by atoms with Gasteiger partial charge in [-0.25, -0.2) is 24.0 Å². The number of benzene rings is 1. The van der Waals surface area contributed by atoms with Crippen molar-refractivity contribution < 1.29 is 4.39 Å². The van der Waals surface area contributed by atoms with Crippen molar-refractivity contribution in [3.05, 3.63) is 65.4 Å². The van der Waals surface area contributed by atoms with Crippen molar-refractivity contribution in [1.82, 2.24) is 29.9 Å². The van der Waals surface area contributed by atoms with Crippen molar-refractivity contribution in [3.8, 4) is 22.5 Å². The predicted octanol–water partition coefficient (Wildman–Crippen LogP) is 3.05. The van der Waals surface area contributed by atoms with Gasteiger partial charge in [0.15, 0.2) is 0 Å². The summed E-state index contributed by atoms with van der Waals surface area (Å²) in [4.78, 5) is 12.5. The van der Waals surface area contributed by atoms with Gasteiger partial charge in [-0.2, -0.15) is 0 Å². The molecular weight excluding hydrogens is 327 g/mol. The lowest BCUT2D eigenvalue weighted by molar-refractivity contribution is 0.628. The number of thiazole rings is 1. The second-order valence-corrected chi connectivity index (χ2v) is 6.00. The van der Waals surface area contributed by atoms with Gasteiger partial charge in [-0.15, -0.1) is 16.4 Å². The predicted molar refractivity (Wildman–Crippen MR) is 87.7 cm³/mol. The van der Waals surface area contributed by atoms with Crippen LogP contribution in [-0.4, -0.2) is 29.9 Å². The minimum absolute atomic E-state index is 0.255. The molecule has 1 aromatic carbocycles. The van der Waals surface area contributed by atoms with Gasteiger partial charge >= 0.3 is 0 Å². The fraction of sp³-hybridized carbons (Fsp3) is 0.0625. The molecule has 0 aliphatic heterocycles. The number of rotatable bonds is 4. The van der Waals surface area contributed by atoms with Crippen LogP contribution in [0.25, 0.3) is 22.5 Å². The van der Waals surface area contributed by atoms with Gasteiger partial charge in [0.25, 0.3) is 0 Å². The highest BCUT2D eigenvalue weighted by Gasteiger charge is 2.08. The Bertz CT molecular complexity index is 948. The third-order valence-corrected chi connectivity index (χ3v) is 4.22. The Morgan fingerprint density at radius 1 is 1.00 bits per heavy atom. The van der Waals surface area contributed by atoms with E-state index in [0.717, 1.165) is 21.8 Å². The molecule has 0 amide bonds. The molecule has 0 saturated carbocycles. The van der Waals surface area contributed by atoms with Crippen LogP contribution in [0, 0.1) is 5.82 Å². The maximum Gasteiger partial charge on any atom is 0.123 e. The quantitative estimate of drug-likeness (QED) is 0.572. The van der Waals surface area contributed by atoms with Crippen molar-refractivity contribution >= 4 is 11.3 Å². The van der Waals surface area contributed by atoms with Crippen LogP contribution in [0.5, 0.6) is 0 Å². The van der Waals surface area contributed by atoms with E-state index < -0.39 is 0 Å². The molecule has 4 aromatic rings. The standard InChI is InChI=1S/C16H11FN6S/c17-13-3-1-11(2-4-13)15-9-24-16(20-15)8-23-7-14(21-22-23)12-5-18-10-19-6-12/h1-7,9-10H,8H2. The summed E-state index contributed by atoms with van der Waals surface area (Å²) in [5.41, 5.74) is 3.24. The number of hydrogen-bond donors (Lipinski definition) is 0. The van der Waals surface area contributed by atoms with Gasteiger partial charge in [0.2, 0.25) is 0 Å². The average molecular weight is 338 g/mol. The van der Waals surface area contributed by atoms with E-state index in [2.05, 4.69) is 25.3 Å². The minimum Gasteiger partial charge on any atom is -0.245 e. The smallest absolute Gasteiger partial charge is 0.123 e. The number of aromatic nitrogens is 6. The second-order valence-electron chi connectivity index (χ2n) is 5.06. The molecule has 4 rings (SSSR count). The lowest BCUT2D eigenvalue weighted by Gasteiger charge is -1.97. The van der Waals surface area contributed by atoms with E-state index in [9.17, 15) is 4.39 Å². The summed E-state index contributed by atoms with van der Waals surface area (Å²) < 4.78 is 14.7. The summed E-state index contributed by atoms with van der Waals surface area (Å²) in [5, 5.41) is 11.1. The van der Waals surface area contributed by atoms with Crippen LogP contribution in [0.2, 0.25) is 0 Å². The summed E-state index contributed by atoms with van der Waals surface area (Å²) in [6.45, 7) is 0.520. The zero-order valence-corrected chi connectivity index (χ0v) is 13.2. The van der Waals surface area contributed by atoms with Crippen LogP contribution in [0.3, 0.4) is 0 Å². The molecule has 0 spiro atoms. The Kier molecular flexibility index (Phi) is 3.80. The normalized spacial score (nSPS) is 10.9. The molecule has 0 radical (unpaired) electrons. The third-order valence-electron chi connectivity index (χ3n) is 3.38. The average Bonchev–Trinajstić information content (AvgIpc) is 3.27. The highest BCUT2D eigenvalue weighted by atomic mass is 32.1. The van der Waals surface area contributed by atoms with Gasteiger partial charge in [0, 0.05) is 28.9 Å². The number of halogens is 1. The van der Waals surface area contributed by atoms with Crippen molar-refractivity contribution in [2.45, 2.75) is 6.54 Å². The Morgan fingerprint density at radius 2 is 1.79 bits per heavy atom. The topological polar surface area (TPSA) is 69.4 Å². The fourth-order valence-electron chi connectivity index (χ4n) is 2.21. The molecule has 0 bridgehead atoms. The van der Waals surface area contributed by atoms with E-state index >= 15 is 0 Å². The van der Waals surface area contributed by atoms with Crippen LogP contribution >= 0.6 is 11.3 Å². The van der Waals surface area contributed by atoms with E-state index in [1.807, 2.05) is 11.6 Å². The van der Waals surface area contributed by atoms with Crippen molar-refractivity contribution in [2.24, 2.45) is 0 Å². The van der Waals surface area contributed by atoms with Crippen molar-refractivity contribution in [1.29, 1.82) is 0 Å². The molecule has 0 atom stereocenters. The van der Waals surface area contributed by atoms with Crippen LogP contribution < -0.4 is 0 Å². The molecule has 0 unspecified atom stereocenters. The lowest BCUT2D eigenvalue weighted by Crippen LogP contribution is -1.99. The zero-order valence-electron chi connectivity index (χ0n) is 12.4. The first-order chi connectivity index (χ1) is 11.8. The fourth-order valence-corrected chi connectivity index (χ4v) is 3.01. The maximum atomic E-state index is 13.0. The monoisotopic (exact) mass is 338 g/mol. The summed E-state index contributed by atoms with van der Waals surface area (Å²) in [5.74, 6) is -0.255. The molecule has 6 nitrogen and oxygen atoms in total. The summed E-state index contributed by atoms with van der Waals surface area (Å²) in [6.07, 6.45) is 6.69. The van der Waals surface area contributed by atoms with E-state index in [0.29, 0.717) is 12.2 Å². The second kappa shape index (κ2) is 6.25. The van der Waals surface area contributed by atoms with E-state index in [-0.39, 0.29) is 5.82 Å². The Balaban J connectivity index is 1.52. The van der Waals surface area contributed by atoms with E-state index in [1.165, 1.54) is 29.8 Å². The summed E-state index contributed by atoms with van der Waals surface area (Å²) >= 11 is 1.53. The van der Waals surface area contributed by atoms with Crippen LogP contribution in [0.1, 0.15) is 5.01 Å². The highest BCUT2D eigenvalue weighted by molar-refractivity contribution is 7.09. The number of nitrogens with zero attached hydrogens (tertiary/aromatic N) is 6. The molecule has 0 aliphatic carbocycles. The van der Waals surface area contributed by atoms with Crippen LogP contribution in [-0.2, 0) is 6.54 Å². The molecule has 0 fully saturated rings. The summed E-state index contributed by atoms with van der Waals surface area (Å²) in [7, 11) is 0. The lowest BCUT2D eigenvalue weighted by atomic mass is 10.2. The highest BCUT2D eigenvalue weighted by Crippen LogP contribution is 2.23. The first-order valence-electron chi connectivity index (χ1n) is 7.14. The van der Waals surface area contributed by atoms with Crippen LogP contribution in [0.15, 0.2) is 54.6 Å². The molecule has 0 aliphatic rings. The van der Waals surface area contributed by atoms with Crippen molar-refractivity contribution in [2.75, 3.05) is 0 Å². The molecule has 0 N–H and O–H groups in total. The van der Waals surface area contributed by atoms with Gasteiger partial charge in [-0.1, -0.05) is 5.21 Å². The largest absolute Gasteiger partial charge is 0.245 e. The zero-order chi connectivity index (χ0) is 16.4. The molecule has 3 aromatic heterocycles. The SMILES string of the molecule is Fc1ccc(-c2csc(Cn3cc(-c4cncnc4)nn3)n2)cc1. The minimum atomic E-state index is -0.255. The first-order valence-corrected chi connectivity index (χ1v) is 8.02. The Labute approximate surface area is 140 Å². The van der Waals surface area contributed by atoms with Gasteiger partial charge in [-0.05, 0) is 24.3 Å².